The number of unbranched alkanes of at least 4 members (excludes halogenated alkanes) is 6. The minimum Gasteiger partial charge on any atom is -0.353 e. The molecule has 1 atom stereocenters. The van der Waals surface area contributed by atoms with Crippen LogP contribution in [0.4, 0.5) is 0 Å². The van der Waals surface area contributed by atoms with Crippen molar-refractivity contribution in [3.63, 3.8) is 0 Å². The van der Waals surface area contributed by atoms with Gasteiger partial charge in [-0.1, -0.05) is 96.8 Å². The van der Waals surface area contributed by atoms with Gasteiger partial charge in [-0.05, 0) is 19.3 Å². The molecule has 0 heterocycles. The van der Waals surface area contributed by atoms with Gasteiger partial charge in [0.15, 0.2) is 5.79 Å². The van der Waals surface area contributed by atoms with E-state index in [4.69, 9.17) is 9.47 Å². The van der Waals surface area contributed by atoms with Crippen LogP contribution >= 0.6 is 0 Å². The summed E-state index contributed by atoms with van der Waals surface area (Å²) >= 11 is 0. The predicted molar refractivity (Wildman–Crippen MR) is 109 cm³/mol. The Kier molecular flexibility index (Phi) is 13.8. The molecule has 25 heavy (non-hydrogen) atoms. The second kappa shape index (κ2) is 15.0. The van der Waals surface area contributed by atoms with Crippen LogP contribution in [-0.4, -0.2) is 20.0 Å². The maximum Gasteiger partial charge on any atom is 0.170 e. The minimum atomic E-state index is -0.332. The van der Waals surface area contributed by atoms with Crippen LogP contribution in [-0.2, 0) is 9.47 Å². The molecule has 0 radical (unpaired) electrons. The maximum atomic E-state index is 6.03. The first-order chi connectivity index (χ1) is 12.3. The van der Waals surface area contributed by atoms with E-state index in [9.17, 15) is 0 Å². The largest absolute Gasteiger partial charge is 0.353 e. The molecule has 0 N–H and O–H groups in total. The zero-order valence-electron chi connectivity index (χ0n) is 17.6. The Balaban J connectivity index is 2.49. The van der Waals surface area contributed by atoms with E-state index in [0.717, 1.165) is 6.42 Å². The van der Waals surface area contributed by atoms with Gasteiger partial charge in [-0.25, -0.2) is 0 Å². The lowest BCUT2D eigenvalue weighted by atomic mass is 9.83. The lowest BCUT2D eigenvalue weighted by Gasteiger charge is -2.39. The third kappa shape index (κ3) is 9.43. The fourth-order valence-electron chi connectivity index (χ4n) is 4.58. The fraction of sp³-hybridized carbons (Fsp3) is 1.00. The van der Waals surface area contributed by atoms with Crippen LogP contribution in [0.15, 0.2) is 0 Å². The molecule has 0 bridgehead atoms. The third-order valence-corrected chi connectivity index (χ3v) is 6.30. The summed E-state index contributed by atoms with van der Waals surface area (Å²) in [6, 6.07) is 0. The van der Waals surface area contributed by atoms with Gasteiger partial charge >= 0.3 is 0 Å². The van der Waals surface area contributed by atoms with Crippen LogP contribution in [0.1, 0.15) is 122 Å². The van der Waals surface area contributed by atoms with Gasteiger partial charge in [-0.3, -0.25) is 0 Å². The Bertz CT molecular complexity index is 286. The van der Waals surface area contributed by atoms with E-state index in [0.29, 0.717) is 5.92 Å². The summed E-state index contributed by atoms with van der Waals surface area (Å²) in [5, 5.41) is 0. The van der Waals surface area contributed by atoms with E-state index in [2.05, 4.69) is 6.92 Å². The Morgan fingerprint density at radius 3 is 1.80 bits per heavy atom. The summed E-state index contributed by atoms with van der Waals surface area (Å²) in [7, 11) is 3.74. The molecule has 1 rings (SSSR count). The molecular weight excluding hydrogens is 308 g/mol. The van der Waals surface area contributed by atoms with Gasteiger partial charge in [0, 0.05) is 26.6 Å². The molecule has 1 aliphatic carbocycles. The highest BCUT2D eigenvalue weighted by molar-refractivity contribution is 4.80. The van der Waals surface area contributed by atoms with Gasteiger partial charge in [-0.15, -0.1) is 0 Å². The molecule has 0 aromatic carbocycles. The van der Waals surface area contributed by atoms with Crippen LogP contribution in [0.3, 0.4) is 0 Å². The Morgan fingerprint density at radius 1 is 0.680 bits per heavy atom. The molecule has 1 aliphatic rings. The van der Waals surface area contributed by atoms with E-state index < -0.39 is 0 Å². The first kappa shape index (κ1) is 23.0. The van der Waals surface area contributed by atoms with Crippen molar-refractivity contribution in [3.05, 3.63) is 0 Å². The summed E-state index contributed by atoms with van der Waals surface area (Å²) in [6.07, 6.45) is 24.3. The average molecular weight is 355 g/mol. The summed E-state index contributed by atoms with van der Waals surface area (Å²) in [5.74, 6) is 0.235. The molecule has 1 saturated carbocycles. The molecule has 0 saturated heterocycles. The normalized spacial score (nSPS) is 22.9. The number of hydrogen-bond donors (Lipinski definition) is 0. The van der Waals surface area contributed by atoms with Crippen molar-refractivity contribution in [1.82, 2.24) is 0 Å². The number of rotatable bonds is 10. The summed E-state index contributed by atoms with van der Waals surface area (Å²) in [4.78, 5) is 0. The lowest BCUT2D eigenvalue weighted by Crippen LogP contribution is -2.42. The van der Waals surface area contributed by atoms with Crippen molar-refractivity contribution < 1.29 is 9.47 Å². The highest BCUT2D eigenvalue weighted by atomic mass is 16.7. The van der Waals surface area contributed by atoms with Crippen molar-refractivity contribution in [1.29, 1.82) is 0 Å². The Morgan fingerprint density at radius 2 is 1.20 bits per heavy atom. The number of methoxy groups -OCH3 is 2. The summed E-state index contributed by atoms with van der Waals surface area (Å²) < 4.78 is 12.1. The summed E-state index contributed by atoms with van der Waals surface area (Å²) in [6.45, 7) is 2.29. The van der Waals surface area contributed by atoms with Crippen LogP contribution in [0, 0.1) is 5.92 Å². The monoisotopic (exact) mass is 354 g/mol. The van der Waals surface area contributed by atoms with Gasteiger partial charge in [0.1, 0.15) is 0 Å². The summed E-state index contributed by atoms with van der Waals surface area (Å²) in [5.41, 5.74) is 0. The van der Waals surface area contributed by atoms with Crippen LogP contribution in [0.2, 0.25) is 0 Å². The van der Waals surface area contributed by atoms with Gasteiger partial charge in [0.25, 0.3) is 0 Å². The third-order valence-electron chi connectivity index (χ3n) is 6.30. The zero-order chi connectivity index (χ0) is 18.2. The molecule has 0 aromatic heterocycles. The SMILES string of the molecule is CCCCCCCCCC1CCCCCCCCCCC1(OC)OC. The molecule has 1 fully saturated rings. The van der Waals surface area contributed by atoms with Crippen LogP contribution in [0.5, 0.6) is 0 Å². The molecule has 0 aromatic rings. The average Bonchev–Trinajstić information content (AvgIpc) is 2.63. The number of ether oxygens (including phenoxy) is 2. The molecule has 2 nitrogen and oxygen atoms in total. The van der Waals surface area contributed by atoms with E-state index in [1.165, 1.54) is 109 Å². The van der Waals surface area contributed by atoms with Crippen molar-refractivity contribution in [3.8, 4) is 0 Å². The van der Waals surface area contributed by atoms with Crippen molar-refractivity contribution in [2.24, 2.45) is 5.92 Å². The fourth-order valence-corrected chi connectivity index (χ4v) is 4.58. The van der Waals surface area contributed by atoms with Gasteiger partial charge in [0.05, 0.1) is 0 Å². The second-order valence-electron chi connectivity index (χ2n) is 8.19. The minimum absolute atomic E-state index is 0.332. The van der Waals surface area contributed by atoms with Crippen molar-refractivity contribution >= 4 is 0 Å². The van der Waals surface area contributed by atoms with Crippen LogP contribution in [0.25, 0.3) is 0 Å². The van der Waals surface area contributed by atoms with E-state index >= 15 is 0 Å². The predicted octanol–water partition coefficient (Wildman–Crippen LogP) is 7.65. The van der Waals surface area contributed by atoms with Crippen molar-refractivity contribution in [2.75, 3.05) is 14.2 Å². The Hall–Kier alpha value is -0.0800. The van der Waals surface area contributed by atoms with Gasteiger partial charge in [-0.2, -0.15) is 0 Å². The Labute approximate surface area is 158 Å². The first-order valence-electron chi connectivity index (χ1n) is 11.4. The molecule has 1 unspecified atom stereocenters. The maximum absolute atomic E-state index is 6.03. The standard InChI is InChI=1S/C23H46O2/c1-4-5-6-7-10-13-16-19-22-20-17-14-11-8-9-12-15-18-21-23(22,24-2)25-3/h22H,4-21H2,1-3H3. The van der Waals surface area contributed by atoms with E-state index in [1.807, 2.05) is 14.2 Å². The quantitative estimate of drug-likeness (QED) is 0.296. The molecule has 0 aliphatic heterocycles. The molecular formula is C23H46O2. The lowest BCUT2D eigenvalue weighted by molar-refractivity contribution is -0.247. The smallest absolute Gasteiger partial charge is 0.170 e. The zero-order valence-corrected chi connectivity index (χ0v) is 17.6. The highest BCUT2D eigenvalue weighted by Gasteiger charge is 2.37. The van der Waals surface area contributed by atoms with E-state index in [1.54, 1.807) is 0 Å². The molecule has 2 heteroatoms. The highest BCUT2D eigenvalue weighted by Crippen LogP contribution is 2.37. The number of hydrogen-bond acceptors (Lipinski definition) is 2. The van der Waals surface area contributed by atoms with Crippen molar-refractivity contribution in [2.45, 2.75) is 128 Å². The molecule has 0 amide bonds. The van der Waals surface area contributed by atoms with Gasteiger partial charge in [0.2, 0.25) is 0 Å². The molecule has 150 valence electrons. The molecule has 0 spiro atoms. The second-order valence-corrected chi connectivity index (χ2v) is 8.19. The van der Waals surface area contributed by atoms with Crippen LogP contribution < -0.4 is 0 Å². The van der Waals surface area contributed by atoms with E-state index in [-0.39, 0.29) is 5.79 Å². The first-order valence-corrected chi connectivity index (χ1v) is 11.4. The van der Waals surface area contributed by atoms with Gasteiger partial charge < -0.3 is 9.47 Å². The topological polar surface area (TPSA) is 18.5 Å².